The second-order valence-electron chi connectivity index (χ2n) is 10.8. The fourth-order valence-corrected chi connectivity index (χ4v) is 5.05. The van der Waals surface area contributed by atoms with Crippen LogP contribution < -0.4 is 9.64 Å². The molecule has 1 aromatic heterocycles. The Morgan fingerprint density at radius 1 is 1.24 bits per heavy atom. The Bertz CT molecular complexity index is 1170. The maximum absolute atomic E-state index is 15.3. The predicted octanol–water partition coefficient (Wildman–Crippen LogP) is 4.73. The number of morpholine rings is 1. The van der Waals surface area contributed by atoms with Crippen LogP contribution in [0.25, 0.3) is 10.9 Å². The van der Waals surface area contributed by atoms with E-state index in [0.29, 0.717) is 30.9 Å². The van der Waals surface area contributed by atoms with Gasteiger partial charge in [0.05, 0.1) is 16.1 Å². The Hall–Kier alpha value is -1.95. The minimum Gasteiger partial charge on any atom is -0.461 e. The van der Waals surface area contributed by atoms with E-state index in [4.69, 9.17) is 30.8 Å². The number of likely N-dealkylation sites (N-methyl/N-ethyl adjacent to an activating group) is 1. The summed E-state index contributed by atoms with van der Waals surface area (Å²) in [6, 6.07) is 1.39. The average molecular weight is 603 g/mol. The molecular formula is C25H34BrClFN5O4. The lowest BCUT2D eigenvalue weighted by molar-refractivity contribution is -0.0416. The molecule has 2 aromatic rings. The van der Waals surface area contributed by atoms with E-state index in [1.54, 1.807) is 11.0 Å². The quantitative estimate of drug-likeness (QED) is 0.465. The fourth-order valence-electron chi connectivity index (χ4n) is 4.55. The van der Waals surface area contributed by atoms with Crippen molar-refractivity contribution in [3.8, 4) is 6.01 Å². The number of anilines is 1. The first-order chi connectivity index (χ1) is 17.3. The molecule has 0 bridgehead atoms. The lowest BCUT2D eigenvalue weighted by atomic mass is 10.1. The van der Waals surface area contributed by atoms with Crippen LogP contribution in [0.5, 0.6) is 6.01 Å². The van der Waals surface area contributed by atoms with Crippen molar-refractivity contribution in [2.45, 2.75) is 58.4 Å². The molecule has 3 atom stereocenters. The maximum atomic E-state index is 15.3. The zero-order valence-electron chi connectivity index (χ0n) is 22.1. The molecular weight excluding hydrogens is 569 g/mol. The van der Waals surface area contributed by atoms with Crippen LogP contribution in [0.2, 0.25) is 5.02 Å². The van der Waals surface area contributed by atoms with Gasteiger partial charge in [-0.05, 0) is 63.7 Å². The monoisotopic (exact) mass is 601 g/mol. The van der Waals surface area contributed by atoms with Crippen molar-refractivity contribution in [3.05, 3.63) is 21.4 Å². The molecule has 3 heterocycles. The summed E-state index contributed by atoms with van der Waals surface area (Å²) in [5.74, 6) is -0.0871. The zero-order chi connectivity index (χ0) is 27.1. The van der Waals surface area contributed by atoms with Crippen molar-refractivity contribution in [1.29, 1.82) is 0 Å². The van der Waals surface area contributed by atoms with E-state index in [2.05, 4.69) is 25.8 Å². The standard InChI is InChI=1S/C25H34BrClFN5O4/c1-14-11-33(24(34)37-25(3,4)5)15(2)10-32(14)22-17-9-18(27)19(26)20(28)21(17)29-23(30-22)36-13-16-12-31(6)7-8-35-16/h9,14-16H,7-8,10-13H2,1-6H3/t14-,15+,16?/m0/s1. The highest BCUT2D eigenvalue weighted by Gasteiger charge is 2.36. The Morgan fingerprint density at radius 2 is 1.97 bits per heavy atom. The molecule has 0 saturated carbocycles. The van der Waals surface area contributed by atoms with Gasteiger partial charge in [0, 0.05) is 43.6 Å². The number of amides is 1. The number of rotatable bonds is 4. The van der Waals surface area contributed by atoms with E-state index in [9.17, 15) is 4.79 Å². The summed E-state index contributed by atoms with van der Waals surface area (Å²) in [7, 11) is 2.02. The summed E-state index contributed by atoms with van der Waals surface area (Å²) in [6.07, 6.45) is -0.502. The summed E-state index contributed by atoms with van der Waals surface area (Å²) >= 11 is 9.55. The molecule has 1 unspecified atom stereocenters. The van der Waals surface area contributed by atoms with Crippen molar-refractivity contribution in [2.24, 2.45) is 0 Å². The molecule has 1 amide bonds. The largest absolute Gasteiger partial charge is 0.461 e. The van der Waals surface area contributed by atoms with Crippen molar-refractivity contribution < 1.29 is 23.4 Å². The van der Waals surface area contributed by atoms with Gasteiger partial charge in [-0.3, -0.25) is 0 Å². The van der Waals surface area contributed by atoms with Gasteiger partial charge < -0.3 is 28.9 Å². The van der Waals surface area contributed by atoms with E-state index < -0.39 is 11.4 Å². The molecule has 2 aliphatic heterocycles. The number of carbonyl (C=O) groups is 1. The second kappa shape index (κ2) is 11.0. The second-order valence-corrected chi connectivity index (χ2v) is 12.0. The highest BCUT2D eigenvalue weighted by Crippen LogP contribution is 2.37. The normalized spacial score (nSPS) is 23.4. The zero-order valence-corrected chi connectivity index (χ0v) is 24.4. The molecule has 2 fully saturated rings. The number of ether oxygens (including phenoxy) is 3. The third-order valence-electron chi connectivity index (χ3n) is 6.41. The van der Waals surface area contributed by atoms with Crippen LogP contribution in [0.4, 0.5) is 15.0 Å². The number of benzene rings is 1. The van der Waals surface area contributed by atoms with Crippen LogP contribution in [0.1, 0.15) is 34.6 Å². The smallest absolute Gasteiger partial charge is 0.410 e. The Kier molecular flexibility index (Phi) is 8.37. The van der Waals surface area contributed by atoms with Crippen LogP contribution in [-0.4, -0.2) is 96.1 Å². The molecule has 9 nitrogen and oxygen atoms in total. The molecule has 0 spiro atoms. The molecule has 0 N–H and O–H groups in total. The number of fused-ring (bicyclic) bond motifs is 1. The lowest BCUT2D eigenvalue weighted by Crippen LogP contribution is -2.59. The van der Waals surface area contributed by atoms with Gasteiger partial charge in [0.2, 0.25) is 0 Å². The molecule has 1 aromatic carbocycles. The van der Waals surface area contributed by atoms with Gasteiger partial charge in [-0.15, -0.1) is 0 Å². The first-order valence-electron chi connectivity index (χ1n) is 12.4. The number of aromatic nitrogens is 2. The van der Waals surface area contributed by atoms with E-state index in [0.717, 1.165) is 13.1 Å². The first kappa shape index (κ1) is 28.1. The van der Waals surface area contributed by atoms with Crippen LogP contribution in [-0.2, 0) is 9.47 Å². The molecule has 2 aliphatic rings. The van der Waals surface area contributed by atoms with E-state index >= 15 is 4.39 Å². The third kappa shape index (κ3) is 6.38. The highest BCUT2D eigenvalue weighted by molar-refractivity contribution is 9.10. The number of hydrogen-bond donors (Lipinski definition) is 0. The molecule has 12 heteroatoms. The Labute approximate surface area is 230 Å². The lowest BCUT2D eigenvalue weighted by Gasteiger charge is -2.45. The summed E-state index contributed by atoms with van der Waals surface area (Å²) in [6.45, 7) is 12.8. The minimum absolute atomic E-state index is 0.0573. The van der Waals surface area contributed by atoms with Crippen LogP contribution in [0.15, 0.2) is 10.5 Å². The summed E-state index contributed by atoms with van der Waals surface area (Å²) < 4.78 is 32.8. The molecule has 0 radical (unpaired) electrons. The minimum atomic E-state index is -0.592. The van der Waals surface area contributed by atoms with Gasteiger partial charge in [-0.1, -0.05) is 11.6 Å². The predicted molar refractivity (Wildman–Crippen MR) is 144 cm³/mol. The third-order valence-corrected chi connectivity index (χ3v) is 7.71. The molecule has 2 saturated heterocycles. The Balaban J connectivity index is 1.66. The molecule has 4 rings (SSSR count). The molecule has 37 heavy (non-hydrogen) atoms. The van der Waals surface area contributed by atoms with Gasteiger partial charge in [-0.2, -0.15) is 9.97 Å². The van der Waals surface area contributed by atoms with Gasteiger partial charge in [0.15, 0.2) is 5.82 Å². The van der Waals surface area contributed by atoms with Crippen molar-refractivity contribution in [3.63, 3.8) is 0 Å². The van der Waals surface area contributed by atoms with Crippen LogP contribution >= 0.6 is 27.5 Å². The fraction of sp³-hybridized carbons (Fsp3) is 0.640. The van der Waals surface area contributed by atoms with E-state index in [1.807, 2.05) is 46.6 Å². The van der Waals surface area contributed by atoms with E-state index in [1.165, 1.54) is 0 Å². The number of carbonyl (C=O) groups excluding carboxylic acids is 1. The summed E-state index contributed by atoms with van der Waals surface area (Å²) in [4.78, 5) is 27.8. The van der Waals surface area contributed by atoms with Crippen molar-refractivity contribution in [1.82, 2.24) is 19.8 Å². The Morgan fingerprint density at radius 3 is 2.65 bits per heavy atom. The van der Waals surface area contributed by atoms with Gasteiger partial charge in [0.1, 0.15) is 29.6 Å². The average Bonchev–Trinajstić information content (AvgIpc) is 2.81. The van der Waals surface area contributed by atoms with Crippen LogP contribution in [0.3, 0.4) is 0 Å². The number of nitrogens with zero attached hydrogens (tertiary/aromatic N) is 5. The van der Waals surface area contributed by atoms with Gasteiger partial charge in [0.25, 0.3) is 0 Å². The van der Waals surface area contributed by atoms with Gasteiger partial charge in [-0.25, -0.2) is 9.18 Å². The maximum Gasteiger partial charge on any atom is 0.410 e. The highest BCUT2D eigenvalue weighted by atomic mass is 79.9. The molecule has 0 aliphatic carbocycles. The topological polar surface area (TPSA) is 80.3 Å². The van der Waals surface area contributed by atoms with Crippen LogP contribution in [0, 0.1) is 5.82 Å². The number of hydrogen-bond acceptors (Lipinski definition) is 8. The van der Waals surface area contributed by atoms with Gasteiger partial charge >= 0.3 is 12.1 Å². The number of piperazine rings is 1. The summed E-state index contributed by atoms with van der Waals surface area (Å²) in [5, 5.41) is 0.687. The first-order valence-corrected chi connectivity index (χ1v) is 13.6. The van der Waals surface area contributed by atoms with Crippen molar-refractivity contribution >= 4 is 50.3 Å². The molecule has 204 valence electrons. The van der Waals surface area contributed by atoms with Crippen molar-refractivity contribution in [2.75, 3.05) is 51.3 Å². The SMILES string of the molecule is C[C@@H]1CN(c2nc(OCC3CN(C)CCO3)nc3c(F)c(Br)c(Cl)cc23)[C@@H](C)CN1C(=O)OC(C)(C)C. The summed E-state index contributed by atoms with van der Waals surface area (Å²) in [5.41, 5.74) is -0.488. The number of halogens is 3. The van der Waals surface area contributed by atoms with E-state index in [-0.39, 0.29) is 51.9 Å².